The van der Waals surface area contributed by atoms with Crippen LogP contribution in [0.1, 0.15) is 26.7 Å². The highest BCUT2D eigenvalue weighted by atomic mass is 35.5. The molecule has 2 aromatic heterocycles. The molecule has 0 saturated heterocycles. The average molecular weight is 381 g/mol. The summed E-state index contributed by atoms with van der Waals surface area (Å²) in [5, 5.41) is 6.95. The van der Waals surface area contributed by atoms with Crippen molar-refractivity contribution in [3.05, 3.63) is 93.3 Å². The Balaban J connectivity index is 1.61. The molecule has 26 heavy (non-hydrogen) atoms. The van der Waals surface area contributed by atoms with Crippen LogP contribution >= 0.6 is 22.9 Å². The van der Waals surface area contributed by atoms with Crippen molar-refractivity contribution in [2.75, 3.05) is 6.54 Å². The maximum absolute atomic E-state index is 12.5. The molecule has 2 heterocycles. The molecule has 4 rings (SSSR count). The highest BCUT2D eigenvalue weighted by Crippen LogP contribution is 2.32. The van der Waals surface area contributed by atoms with Crippen LogP contribution in [0.15, 0.2) is 72.2 Å². The van der Waals surface area contributed by atoms with Crippen molar-refractivity contribution in [3.63, 3.8) is 0 Å². The molecule has 1 atom stereocenters. The number of para-hydroxylation sites is 1. The SMILES string of the molecule is O=C(NC[C@H](c1cccs1)c1c[nH]c2ccccc12)c1ccc(Cl)cc1. The molecule has 1 amide bonds. The zero-order valence-corrected chi connectivity index (χ0v) is 15.5. The van der Waals surface area contributed by atoms with Gasteiger partial charge in [-0.25, -0.2) is 0 Å². The number of hydrogen-bond donors (Lipinski definition) is 2. The smallest absolute Gasteiger partial charge is 0.251 e. The van der Waals surface area contributed by atoms with Crippen molar-refractivity contribution < 1.29 is 4.79 Å². The van der Waals surface area contributed by atoms with Gasteiger partial charge in [0.25, 0.3) is 5.91 Å². The molecule has 0 unspecified atom stereocenters. The first-order valence-electron chi connectivity index (χ1n) is 8.35. The van der Waals surface area contributed by atoms with E-state index in [2.05, 4.69) is 33.9 Å². The Morgan fingerprint density at radius 3 is 2.65 bits per heavy atom. The molecule has 3 nitrogen and oxygen atoms in total. The molecular formula is C21H17ClN2OS. The van der Waals surface area contributed by atoms with Gasteiger partial charge in [0.2, 0.25) is 0 Å². The van der Waals surface area contributed by atoms with E-state index in [1.54, 1.807) is 35.6 Å². The summed E-state index contributed by atoms with van der Waals surface area (Å²) in [7, 11) is 0. The predicted octanol–water partition coefficient (Wildman–Crippen LogP) is 5.44. The Labute approximate surface area is 160 Å². The van der Waals surface area contributed by atoms with Crippen LogP contribution in [0.2, 0.25) is 5.02 Å². The van der Waals surface area contributed by atoms with E-state index in [0.29, 0.717) is 17.1 Å². The van der Waals surface area contributed by atoms with E-state index in [1.807, 2.05) is 24.4 Å². The molecule has 0 aliphatic heterocycles. The van der Waals surface area contributed by atoms with E-state index in [1.165, 1.54) is 15.8 Å². The molecule has 0 fully saturated rings. The summed E-state index contributed by atoms with van der Waals surface area (Å²) in [4.78, 5) is 17.1. The van der Waals surface area contributed by atoms with Crippen molar-refractivity contribution in [1.29, 1.82) is 0 Å². The van der Waals surface area contributed by atoms with Crippen molar-refractivity contribution in [2.45, 2.75) is 5.92 Å². The summed E-state index contributed by atoms with van der Waals surface area (Å²) in [6, 6.07) is 19.3. The van der Waals surface area contributed by atoms with E-state index in [-0.39, 0.29) is 11.8 Å². The van der Waals surface area contributed by atoms with Crippen LogP contribution < -0.4 is 5.32 Å². The number of aromatic amines is 1. The van der Waals surface area contributed by atoms with E-state index < -0.39 is 0 Å². The highest BCUT2D eigenvalue weighted by molar-refractivity contribution is 7.10. The third-order valence-electron chi connectivity index (χ3n) is 4.46. The number of amides is 1. The van der Waals surface area contributed by atoms with Gasteiger partial charge in [-0.2, -0.15) is 0 Å². The minimum Gasteiger partial charge on any atom is -0.361 e. The topological polar surface area (TPSA) is 44.9 Å². The van der Waals surface area contributed by atoms with Gasteiger partial charge >= 0.3 is 0 Å². The van der Waals surface area contributed by atoms with E-state index >= 15 is 0 Å². The number of rotatable bonds is 5. The van der Waals surface area contributed by atoms with Crippen molar-refractivity contribution in [3.8, 4) is 0 Å². The van der Waals surface area contributed by atoms with Gasteiger partial charge in [0, 0.05) is 45.0 Å². The van der Waals surface area contributed by atoms with E-state index in [0.717, 1.165) is 5.52 Å². The summed E-state index contributed by atoms with van der Waals surface area (Å²) in [6.45, 7) is 0.532. The average Bonchev–Trinajstić information content (AvgIpc) is 3.33. The first-order chi connectivity index (χ1) is 12.7. The summed E-state index contributed by atoms with van der Waals surface area (Å²) in [5.74, 6) is 0.00506. The van der Waals surface area contributed by atoms with Gasteiger partial charge < -0.3 is 10.3 Å². The number of aromatic nitrogens is 1. The predicted molar refractivity (Wildman–Crippen MR) is 108 cm³/mol. The van der Waals surface area contributed by atoms with Crippen LogP contribution in [0.5, 0.6) is 0 Å². The van der Waals surface area contributed by atoms with Crippen LogP contribution in [0.4, 0.5) is 0 Å². The van der Waals surface area contributed by atoms with Crippen LogP contribution in [-0.4, -0.2) is 17.4 Å². The molecule has 5 heteroatoms. The summed E-state index contributed by atoms with van der Waals surface area (Å²) in [6.07, 6.45) is 2.05. The Morgan fingerprint density at radius 1 is 1.08 bits per heavy atom. The first-order valence-corrected chi connectivity index (χ1v) is 9.61. The molecular weight excluding hydrogens is 364 g/mol. The van der Waals surface area contributed by atoms with Gasteiger partial charge in [0.1, 0.15) is 0 Å². The summed E-state index contributed by atoms with van der Waals surface area (Å²) in [5.41, 5.74) is 2.91. The van der Waals surface area contributed by atoms with Crippen molar-refractivity contribution in [2.24, 2.45) is 0 Å². The number of nitrogens with one attached hydrogen (secondary N) is 2. The van der Waals surface area contributed by atoms with Gasteiger partial charge in [-0.05, 0) is 47.3 Å². The number of halogens is 1. The summed E-state index contributed by atoms with van der Waals surface area (Å²) < 4.78 is 0. The molecule has 0 aliphatic rings. The second-order valence-electron chi connectivity index (χ2n) is 6.07. The molecule has 0 saturated carbocycles. The second kappa shape index (κ2) is 7.36. The molecule has 0 radical (unpaired) electrons. The van der Waals surface area contributed by atoms with Crippen LogP contribution in [0.25, 0.3) is 10.9 Å². The molecule has 130 valence electrons. The van der Waals surface area contributed by atoms with Crippen LogP contribution in [0, 0.1) is 0 Å². The van der Waals surface area contributed by atoms with Crippen molar-refractivity contribution in [1.82, 2.24) is 10.3 Å². The lowest BCUT2D eigenvalue weighted by Gasteiger charge is -2.16. The number of carbonyl (C=O) groups is 1. The largest absolute Gasteiger partial charge is 0.361 e. The number of fused-ring (bicyclic) bond motifs is 1. The molecule has 0 bridgehead atoms. The van der Waals surface area contributed by atoms with Gasteiger partial charge in [-0.1, -0.05) is 35.9 Å². The lowest BCUT2D eigenvalue weighted by Crippen LogP contribution is -2.28. The van der Waals surface area contributed by atoms with Gasteiger partial charge in [-0.15, -0.1) is 11.3 Å². The fraction of sp³-hybridized carbons (Fsp3) is 0.0952. The zero-order chi connectivity index (χ0) is 17.9. The van der Waals surface area contributed by atoms with Crippen LogP contribution in [-0.2, 0) is 0 Å². The number of benzene rings is 2. The Hall–Kier alpha value is -2.56. The second-order valence-corrected chi connectivity index (χ2v) is 7.49. The van der Waals surface area contributed by atoms with Crippen molar-refractivity contribution >= 4 is 39.7 Å². The third-order valence-corrected chi connectivity index (χ3v) is 5.69. The number of H-pyrrole nitrogens is 1. The number of carbonyl (C=O) groups excluding carboxylic acids is 1. The number of thiophene rings is 1. The normalized spacial score (nSPS) is 12.2. The zero-order valence-electron chi connectivity index (χ0n) is 13.9. The maximum atomic E-state index is 12.5. The quantitative estimate of drug-likeness (QED) is 0.475. The lowest BCUT2D eigenvalue weighted by molar-refractivity contribution is 0.0952. The Kier molecular flexibility index (Phi) is 4.78. The Morgan fingerprint density at radius 2 is 1.88 bits per heavy atom. The lowest BCUT2D eigenvalue weighted by atomic mass is 9.96. The molecule has 2 N–H and O–H groups in total. The molecule has 0 spiro atoms. The third kappa shape index (κ3) is 3.39. The monoisotopic (exact) mass is 380 g/mol. The molecule has 2 aromatic carbocycles. The minimum absolute atomic E-state index is 0.0944. The fourth-order valence-electron chi connectivity index (χ4n) is 3.13. The van der Waals surface area contributed by atoms with Gasteiger partial charge in [0.05, 0.1) is 0 Å². The van der Waals surface area contributed by atoms with Crippen LogP contribution in [0.3, 0.4) is 0 Å². The van der Waals surface area contributed by atoms with Gasteiger partial charge in [0.15, 0.2) is 0 Å². The molecule has 4 aromatic rings. The molecule has 0 aliphatic carbocycles. The minimum atomic E-state index is -0.0944. The first kappa shape index (κ1) is 16.9. The fourth-order valence-corrected chi connectivity index (χ4v) is 4.11. The highest BCUT2D eigenvalue weighted by Gasteiger charge is 2.20. The maximum Gasteiger partial charge on any atom is 0.251 e. The Bertz CT molecular complexity index is 1020. The van der Waals surface area contributed by atoms with E-state index in [9.17, 15) is 4.79 Å². The number of hydrogen-bond acceptors (Lipinski definition) is 2. The summed E-state index contributed by atoms with van der Waals surface area (Å²) >= 11 is 7.61. The van der Waals surface area contributed by atoms with Gasteiger partial charge in [-0.3, -0.25) is 4.79 Å². The standard InChI is InChI=1S/C21H17ClN2OS/c22-15-9-7-14(8-10-15)21(25)24-13-18(20-6-3-11-26-20)17-12-23-19-5-2-1-4-16(17)19/h1-12,18,23H,13H2,(H,24,25)/t18-/m0/s1. The van der Waals surface area contributed by atoms with E-state index in [4.69, 9.17) is 11.6 Å².